The Morgan fingerprint density at radius 1 is 1.09 bits per heavy atom. The summed E-state index contributed by atoms with van der Waals surface area (Å²) >= 11 is 0. The van der Waals surface area contributed by atoms with Crippen molar-refractivity contribution in [3.05, 3.63) is 66.0 Å². The zero-order valence-electron chi connectivity index (χ0n) is 12.0. The summed E-state index contributed by atoms with van der Waals surface area (Å²) in [4.78, 5) is 11.3. The quantitative estimate of drug-likeness (QED) is 0.750. The summed E-state index contributed by atoms with van der Waals surface area (Å²) in [6, 6.07) is 15.2. The predicted octanol–water partition coefficient (Wildman–Crippen LogP) is 2.25. The van der Waals surface area contributed by atoms with Gasteiger partial charge in [0.2, 0.25) is 0 Å². The molecule has 7 nitrogen and oxygen atoms in total. The predicted molar refractivity (Wildman–Crippen MR) is 80.8 cm³/mol. The van der Waals surface area contributed by atoms with Crippen LogP contribution in [-0.2, 0) is 6.61 Å². The lowest BCUT2D eigenvalue weighted by atomic mass is 10.2. The van der Waals surface area contributed by atoms with Crippen LogP contribution in [0.2, 0.25) is 0 Å². The Kier molecular flexibility index (Phi) is 3.92. The lowest BCUT2D eigenvalue weighted by Crippen LogP contribution is -2.10. The molecule has 0 atom stereocenters. The molecule has 7 heteroatoms. The molecule has 0 spiro atoms. The van der Waals surface area contributed by atoms with Gasteiger partial charge in [-0.3, -0.25) is 0 Å². The first-order valence-electron chi connectivity index (χ1n) is 6.80. The van der Waals surface area contributed by atoms with Crippen molar-refractivity contribution in [2.45, 2.75) is 6.61 Å². The summed E-state index contributed by atoms with van der Waals surface area (Å²) in [7, 11) is 0. The van der Waals surface area contributed by atoms with Crippen molar-refractivity contribution in [2.75, 3.05) is 0 Å². The summed E-state index contributed by atoms with van der Waals surface area (Å²) in [5, 5.41) is 26.2. The van der Waals surface area contributed by atoms with Crippen LogP contribution in [0.4, 0.5) is 0 Å². The highest BCUT2D eigenvalue weighted by molar-refractivity contribution is 5.86. The molecule has 0 aliphatic heterocycles. The fourth-order valence-electron chi connectivity index (χ4n) is 2.07. The van der Waals surface area contributed by atoms with Gasteiger partial charge >= 0.3 is 5.97 Å². The molecule has 23 heavy (non-hydrogen) atoms. The minimum Gasteiger partial charge on any atom is -0.508 e. The summed E-state index contributed by atoms with van der Waals surface area (Å²) in [6.07, 6.45) is 0. The van der Waals surface area contributed by atoms with Crippen molar-refractivity contribution in [1.82, 2.24) is 15.0 Å². The molecular weight excluding hydrogens is 298 g/mol. The van der Waals surface area contributed by atoms with E-state index in [1.807, 2.05) is 18.2 Å². The van der Waals surface area contributed by atoms with Crippen molar-refractivity contribution in [3.63, 3.8) is 0 Å². The van der Waals surface area contributed by atoms with Crippen LogP contribution in [0.1, 0.15) is 16.2 Å². The summed E-state index contributed by atoms with van der Waals surface area (Å²) in [6.45, 7) is -0.000473. The Morgan fingerprint density at radius 2 is 1.78 bits per heavy atom. The van der Waals surface area contributed by atoms with Gasteiger partial charge in [0.25, 0.3) is 0 Å². The zero-order chi connectivity index (χ0) is 16.2. The maximum Gasteiger partial charge on any atom is 0.358 e. The van der Waals surface area contributed by atoms with Gasteiger partial charge in [-0.1, -0.05) is 23.4 Å². The molecule has 0 radical (unpaired) electrons. The van der Waals surface area contributed by atoms with Gasteiger partial charge in [0, 0.05) is 0 Å². The zero-order valence-corrected chi connectivity index (χ0v) is 12.0. The molecule has 0 bridgehead atoms. The van der Waals surface area contributed by atoms with E-state index in [1.165, 1.54) is 16.8 Å². The normalized spacial score (nSPS) is 10.4. The summed E-state index contributed by atoms with van der Waals surface area (Å²) in [5.74, 6) is -0.460. The molecule has 0 amide bonds. The molecule has 0 fully saturated rings. The average molecular weight is 311 g/mol. The topological polar surface area (TPSA) is 97.5 Å². The number of ether oxygens (including phenoxy) is 1. The number of carboxylic acid groups (broad SMARTS) is 1. The number of phenols is 1. The molecule has 0 aliphatic carbocycles. The first-order valence-corrected chi connectivity index (χ1v) is 6.80. The van der Waals surface area contributed by atoms with Crippen LogP contribution in [0.5, 0.6) is 11.5 Å². The van der Waals surface area contributed by atoms with E-state index in [1.54, 1.807) is 24.3 Å². The van der Waals surface area contributed by atoms with E-state index >= 15 is 0 Å². The largest absolute Gasteiger partial charge is 0.508 e. The van der Waals surface area contributed by atoms with E-state index in [-0.39, 0.29) is 18.1 Å². The fraction of sp³-hybridized carbons (Fsp3) is 0.0625. The summed E-state index contributed by atoms with van der Waals surface area (Å²) < 4.78 is 6.99. The van der Waals surface area contributed by atoms with Crippen molar-refractivity contribution in [3.8, 4) is 17.2 Å². The standard InChI is InChI=1S/C16H13N3O4/c20-12-8-6-11(7-9-12)19-14(15(16(21)22)17-18-19)10-23-13-4-2-1-3-5-13/h1-9,20H,10H2,(H,21,22). The number of hydrogen-bond acceptors (Lipinski definition) is 5. The molecule has 116 valence electrons. The van der Waals surface area contributed by atoms with E-state index in [2.05, 4.69) is 10.3 Å². The van der Waals surface area contributed by atoms with Crippen LogP contribution in [0.15, 0.2) is 54.6 Å². The number of rotatable bonds is 5. The molecular formula is C16H13N3O4. The Hall–Kier alpha value is -3.35. The molecule has 2 N–H and O–H groups in total. The molecule has 1 heterocycles. The van der Waals surface area contributed by atoms with Gasteiger partial charge < -0.3 is 14.9 Å². The van der Waals surface area contributed by atoms with Crippen LogP contribution in [0.3, 0.4) is 0 Å². The highest BCUT2D eigenvalue weighted by Crippen LogP contribution is 2.19. The van der Waals surface area contributed by atoms with Gasteiger partial charge in [-0.2, -0.15) is 0 Å². The molecule has 1 aromatic heterocycles. The van der Waals surface area contributed by atoms with Crippen LogP contribution < -0.4 is 4.74 Å². The number of carboxylic acids is 1. The monoisotopic (exact) mass is 311 g/mol. The number of para-hydroxylation sites is 1. The lowest BCUT2D eigenvalue weighted by molar-refractivity contribution is 0.0687. The van der Waals surface area contributed by atoms with Crippen molar-refractivity contribution in [1.29, 1.82) is 0 Å². The molecule has 0 saturated heterocycles. The third-order valence-corrected chi connectivity index (χ3v) is 3.18. The minimum atomic E-state index is -1.18. The van der Waals surface area contributed by atoms with Gasteiger partial charge in [-0.05, 0) is 36.4 Å². The Labute approximate surface area is 131 Å². The molecule has 2 aromatic carbocycles. The molecule has 0 unspecified atom stereocenters. The highest BCUT2D eigenvalue weighted by atomic mass is 16.5. The second-order valence-electron chi connectivity index (χ2n) is 4.72. The number of hydrogen-bond donors (Lipinski definition) is 2. The Bertz CT molecular complexity index is 813. The number of aromatic hydroxyl groups is 1. The van der Waals surface area contributed by atoms with Crippen molar-refractivity contribution >= 4 is 5.97 Å². The molecule has 3 rings (SSSR count). The average Bonchev–Trinajstić information content (AvgIpc) is 2.99. The highest BCUT2D eigenvalue weighted by Gasteiger charge is 2.20. The van der Waals surface area contributed by atoms with Crippen LogP contribution >= 0.6 is 0 Å². The van der Waals surface area contributed by atoms with Gasteiger partial charge in [0.15, 0.2) is 5.69 Å². The fourth-order valence-corrected chi connectivity index (χ4v) is 2.07. The molecule has 3 aromatic rings. The minimum absolute atomic E-state index is 0.000473. The number of nitrogens with zero attached hydrogens (tertiary/aromatic N) is 3. The van der Waals surface area contributed by atoms with Gasteiger partial charge in [-0.25, -0.2) is 9.48 Å². The Balaban J connectivity index is 1.94. The number of carbonyl (C=O) groups is 1. The van der Waals surface area contributed by atoms with E-state index in [0.717, 1.165) is 0 Å². The smallest absolute Gasteiger partial charge is 0.358 e. The molecule has 0 saturated carbocycles. The van der Waals surface area contributed by atoms with Crippen LogP contribution in [0.25, 0.3) is 5.69 Å². The van der Waals surface area contributed by atoms with E-state index in [4.69, 9.17) is 4.74 Å². The van der Waals surface area contributed by atoms with Crippen molar-refractivity contribution < 1.29 is 19.7 Å². The first-order chi connectivity index (χ1) is 11.1. The van der Waals surface area contributed by atoms with Gasteiger partial charge in [0.1, 0.15) is 23.8 Å². The van der Waals surface area contributed by atoms with Crippen LogP contribution in [-0.4, -0.2) is 31.2 Å². The molecule has 0 aliphatic rings. The Morgan fingerprint density at radius 3 is 2.43 bits per heavy atom. The SMILES string of the molecule is O=C(O)c1nnn(-c2ccc(O)cc2)c1COc1ccccc1. The van der Waals surface area contributed by atoms with E-state index in [0.29, 0.717) is 17.1 Å². The first kappa shape index (κ1) is 14.6. The van der Waals surface area contributed by atoms with E-state index in [9.17, 15) is 15.0 Å². The third-order valence-electron chi connectivity index (χ3n) is 3.18. The third kappa shape index (κ3) is 3.13. The number of aromatic carboxylic acids is 1. The maximum atomic E-state index is 11.3. The number of benzene rings is 2. The second-order valence-corrected chi connectivity index (χ2v) is 4.72. The second kappa shape index (κ2) is 6.18. The summed E-state index contributed by atoms with van der Waals surface area (Å²) in [5.41, 5.74) is 0.718. The van der Waals surface area contributed by atoms with E-state index < -0.39 is 5.97 Å². The van der Waals surface area contributed by atoms with Crippen molar-refractivity contribution in [2.24, 2.45) is 0 Å². The van der Waals surface area contributed by atoms with Crippen LogP contribution in [0, 0.1) is 0 Å². The number of phenolic OH excluding ortho intramolecular Hbond substituents is 1. The van der Waals surface area contributed by atoms with Gasteiger partial charge in [0.05, 0.1) is 5.69 Å². The van der Waals surface area contributed by atoms with Gasteiger partial charge in [-0.15, -0.1) is 5.10 Å². The maximum absolute atomic E-state index is 11.3. The lowest BCUT2D eigenvalue weighted by Gasteiger charge is -2.09. The number of aromatic nitrogens is 3.